The molecule has 2 aromatic heterocycles. The van der Waals surface area contributed by atoms with Crippen LogP contribution in [0.25, 0.3) is 11.2 Å². The Kier molecular flexibility index (Phi) is 9.87. The van der Waals surface area contributed by atoms with E-state index in [9.17, 15) is 24.0 Å². The predicted molar refractivity (Wildman–Crippen MR) is 80.1 cm³/mol. The van der Waals surface area contributed by atoms with Gasteiger partial charge in [-0.05, 0) is 0 Å². The van der Waals surface area contributed by atoms with Crippen LogP contribution in [0.1, 0.15) is 6.23 Å². The summed E-state index contributed by atoms with van der Waals surface area (Å²) < 4.78 is 37.0. The van der Waals surface area contributed by atoms with E-state index in [2.05, 4.69) is 24.0 Å². The molecule has 0 spiro atoms. The number of phosphoric acid groups is 2. The quantitative estimate of drug-likeness (QED) is 0.226. The first-order valence-corrected chi connectivity index (χ1v) is 10.1. The number of ether oxygens (including phenoxy) is 1. The molecule has 6 atom stereocenters. The number of fused-ring (bicyclic) bond motifs is 1. The third-order valence-electron chi connectivity index (χ3n) is 3.63. The summed E-state index contributed by atoms with van der Waals surface area (Å²) in [6, 6.07) is 0. The molecule has 0 radical (unpaired) electrons. The summed E-state index contributed by atoms with van der Waals surface area (Å²) in [5, 5.41) is 10.4. The van der Waals surface area contributed by atoms with Crippen LogP contribution in [0.5, 0.6) is 0 Å². The molecule has 19 heteroatoms. The van der Waals surface area contributed by atoms with E-state index in [0.29, 0.717) is 0 Å². The Labute approximate surface area is 207 Å². The second kappa shape index (κ2) is 10.4. The van der Waals surface area contributed by atoms with Crippen molar-refractivity contribution in [1.29, 1.82) is 0 Å². The summed E-state index contributed by atoms with van der Waals surface area (Å²) in [4.78, 5) is 51.1. The van der Waals surface area contributed by atoms with Crippen LogP contribution < -0.4 is 74.6 Å². The van der Waals surface area contributed by atoms with Crippen LogP contribution in [-0.2, 0) is 22.9 Å². The minimum absolute atomic E-state index is 0. The summed E-state index contributed by atoms with van der Waals surface area (Å²) in [6.07, 6.45) is -4.07. The van der Waals surface area contributed by atoms with Gasteiger partial charge in [-0.25, -0.2) is 15.0 Å². The molecule has 1 saturated heterocycles. The normalized spacial score (nSPS) is 28.2. The van der Waals surface area contributed by atoms with Crippen LogP contribution in [0.3, 0.4) is 0 Å². The van der Waals surface area contributed by atoms with Crippen LogP contribution in [-0.4, -0.2) is 59.3 Å². The maximum Gasteiger partial charge on any atom is 1.00 e. The molecule has 0 amide bonds. The molecule has 3 heterocycles. The van der Waals surface area contributed by atoms with Crippen molar-refractivity contribution in [3.63, 3.8) is 0 Å². The summed E-state index contributed by atoms with van der Waals surface area (Å²) in [7, 11) is -10.5. The Bertz CT molecular complexity index is 937. The van der Waals surface area contributed by atoms with Crippen molar-refractivity contribution >= 4 is 32.6 Å². The molecule has 0 aromatic carbocycles. The number of aliphatic hydroxyl groups excluding tert-OH is 1. The van der Waals surface area contributed by atoms with E-state index in [1.165, 1.54) is 10.9 Å². The van der Waals surface area contributed by atoms with Gasteiger partial charge in [-0.1, -0.05) is 0 Å². The van der Waals surface area contributed by atoms with Crippen molar-refractivity contribution in [3.8, 4) is 0 Å². The third-order valence-corrected chi connectivity index (χ3v) is 4.61. The molecule has 2 aromatic rings. The maximum absolute atomic E-state index is 11.1. The number of anilines is 1. The fraction of sp³-hybridized carbons (Fsp3) is 0.500. The van der Waals surface area contributed by atoms with E-state index in [1.807, 2.05) is 0 Å². The molecule has 0 aliphatic carbocycles. The number of aromatic nitrogens is 4. The van der Waals surface area contributed by atoms with Crippen molar-refractivity contribution < 1.29 is 107 Å². The van der Waals surface area contributed by atoms with Gasteiger partial charge in [0, 0.05) is 0 Å². The molecular weight excluding hydrogens is 458 g/mol. The predicted octanol–water partition coefficient (Wildman–Crippen LogP) is -9.00. The third kappa shape index (κ3) is 6.73. The molecule has 6 unspecified atom stereocenters. The summed E-state index contributed by atoms with van der Waals surface area (Å²) in [6.45, 7) is -0.904. The van der Waals surface area contributed by atoms with Crippen LogP contribution >= 0.6 is 15.6 Å². The number of hydrogen-bond donors (Lipinski definition) is 4. The van der Waals surface area contributed by atoms with Crippen LogP contribution in [0, 0.1) is 0 Å². The molecule has 15 nitrogen and oxygen atoms in total. The number of nitrogens with zero attached hydrogens (tertiary/aromatic N) is 4. The second-order valence-electron chi connectivity index (χ2n) is 5.44. The van der Waals surface area contributed by atoms with Gasteiger partial charge < -0.3 is 44.2 Å². The van der Waals surface area contributed by atoms with Gasteiger partial charge in [0.25, 0.3) is 15.6 Å². The molecule has 5 N–H and O–H groups in total. The van der Waals surface area contributed by atoms with E-state index in [1.54, 1.807) is 0 Å². The Morgan fingerprint density at radius 3 is 2.45 bits per heavy atom. The van der Waals surface area contributed by atoms with Gasteiger partial charge in [-0.15, -0.1) is 0 Å². The average Bonchev–Trinajstić information content (AvgIpc) is 3.07. The number of nitrogens with two attached hydrogens (primary N) is 1. The van der Waals surface area contributed by atoms with Gasteiger partial charge >= 0.3 is 59.1 Å². The summed E-state index contributed by atoms with van der Waals surface area (Å²) >= 11 is 0. The van der Waals surface area contributed by atoms with Crippen LogP contribution in [0.2, 0.25) is 0 Å². The van der Waals surface area contributed by atoms with Gasteiger partial charge in [0.1, 0.15) is 30.2 Å². The van der Waals surface area contributed by atoms with E-state index in [0.717, 1.165) is 6.33 Å². The number of nitrogen functional groups attached to an aromatic ring is 1. The van der Waals surface area contributed by atoms with Crippen molar-refractivity contribution in [2.24, 2.45) is 0 Å². The molecule has 1 fully saturated rings. The van der Waals surface area contributed by atoms with Crippen molar-refractivity contribution in [2.45, 2.75) is 24.5 Å². The molecule has 1 aliphatic rings. The van der Waals surface area contributed by atoms with Crippen molar-refractivity contribution in [1.82, 2.24) is 19.5 Å². The van der Waals surface area contributed by atoms with E-state index >= 15 is 0 Å². The molecule has 1 aliphatic heterocycles. The van der Waals surface area contributed by atoms with Gasteiger partial charge in [-0.2, -0.15) is 0 Å². The van der Waals surface area contributed by atoms with Gasteiger partial charge in [0.15, 0.2) is 17.7 Å². The number of hydrogen-bond acceptors (Lipinski definition) is 12. The minimum Gasteiger partial charge on any atom is -0.756 e. The molecule has 150 valence electrons. The molecule has 3 rings (SSSR count). The molecule has 0 saturated carbocycles. The van der Waals surface area contributed by atoms with E-state index in [4.69, 9.17) is 20.3 Å². The number of phosphoric ester groups is 2. The van der Waals surface area contributed by atoms with Gasteiger partial charge in [0.05, 0.1) is 12.9 Å². The number of rotatable bonds is 6. The average molecular weight is 471 g/mol. The van der Waals surface area contributed by atoms with E-state index < -0.39 is 46.8 Å². The summed E-state index contributed by atoms with van der Waals surface area (Å²) in [5.41, 5.74) is 5.95. The number of imidazole rings is 1. The Morgan fingerprint density at radius 1 is 1.21 bits per heavy atom. The van der Waals surface area contributed by atoms with Crippen molar-refractivity contribution in [3.05, 3.63) is 12.7 Å². The first-order chi connectivity index (χ1) is 12.5. The minimum atomic E-state index is -5.34. The topological polar surface area (TPSA) is 238 Å². The fourth-order valence-electron chi connectivity index (χ4n) is 2.59. The number of aliphatic hydroxyl groups is 1. The first kappa shape index (κ1) is 27.5. The standard InChI is InChI=1S/C10H15N5O10P2.2Na/c11-8-5-9(13-2-12-8)15(3-14-5)10-6(16)7(25-27(20,21)22)4(24-10)1-23-26(17,18)19;;/h2-4,6-7,10,16H,1H2,(H2,11,12,13)(H2,17,18,19)(H2,20,21,22);;/q;2*+1/p-2. The van der Waals surface area contributed by atoms with Gasteiger partial charge in [-0.3, -0.25) is 13.7 Å². The Balaban J connectivity index is 0.00000210. The largest absolute Gasteiger partial charge is 1.00 e. The fourth-order valence-corrected chi connectivity index (χ4v) is 3.49. The smallest absolute Gasteiger partial charge is 0.756 e. The first-order valence-electron chi connectivity index (χ1n) is 7.13. The zero-order valence-corrected chi connectivity index (χ0v) is 20.9. The summed E-state index contributed by atoms with van der Waals surface area (Å²) in [5.74, 6) is 0.0333. The zero-order chi connectivity index (χ0) is 20.0. The molecule has 29 heavy (non-hydrogen) atoms. The van der Waals surface area contributed by atoms with Gasteiger partial charge in [0.2, 0.25) is 0 Å². The molecule has 0 bridgehead atoms. The Morgan fingerprint density at radius 2 is 1.86 bits per heavy atom. The van der Waals surface area contributed by atoms with Crippen LogP contribution in [0.4, 0.5) is 5.82 Å². The van der Waals surface area contributed by atoms with Crippen molar-refractivity contribution in [2.75, 3.05) is 12.3 Å². The SMILES string of the molecule is Nc1ncnc2c1ncn2C1OC(COP(=O)([O-])O)C(OP(=O)([O-])O)C1O.[Na+].[Na+]. The zero-order valence-electron chi connectivity index (χ0n) is 15.1. The maximum atomic E-state index is 11.1. The monoisotopic (exact) mass is 471 g/mol. The Hall–Kier alpha value is 0.490. The van der Waals surface area contributed by atoms with E-state index in [-0.39, 0.29) is 76.1 Å². The second-order valence-corrected chi connectivity index (χ2v) is 7.78. The van der Waals surface area contributed by atoms with Crippen LogP contribution in [0.15, 0.2) is 12.7 Å². The molecular formula is C10H13N5Na2O10P2.